The summed E-state index contributed by atoms with van der Waals surface area (Å²) in [5.74, 6) is -3.05. The molecule has 1 heterocycles. The van der Waals surface area contributed by atoms with Crippen molar-refractivity contribution in [3.05, 3.63) is 35.9 Å². The number of halogens is 2. The van der Waals surface area contributed by atoms with Gasteiger partial charge in [0.1, 0.15) is 0 Å². The zero-order valence-electron chi connectivity index (χ0n) is 10.2. The molecule has 1 unspecified atom stereocenters. The number of hydrogen-bond acceptors (Lipinski definition) is 2. The molecule has 0 radical (unpaired) electrons. The van der Waals surface area contributed by atoms with Crippen LogP contribution in [0.4, 0.5) is 8.78 Å². The number of carbonyl (C=O) groups excluding carboxylic acids is 1. The third-order valence-electron chi connectivity index (χ3n) is 3.05. The number of alkyl halides is 2. The van der Waals surface area contributed by atoms with Gasteiger partial charge in [-0.15, -0.1) is 0 Å². The highest BCUT2D eigenvalue weighted by Crippen LogP contribution is 2.26. The molecular formula is C13H16F2N2O. The minimum absolute atomic E-state index is 0.281. The Kier molecular flexibility index (Phi) is 3.61. The quantitative estimate of drug-likeness (QED) is 0.889. The second-order valence-electron chi connectivity index (χ2n) is 4.67. The summed E-state index contributed by atoms with van der Waals surface area (Å²) in [6, 6.07) is 8.70. The summed E-state index contributed by atoms with van der Waals surface area (Å²) in [5, 5.41) is 2.57. The normalized spacial score (nSPS) is 21.8. The average Bonchev–Trinajstić information content (AvgIpc) is 2.70. The van der Waals surface area contributed by atoms with Crippen LogP contribution in [0.3, 0.4) is 0 Å². The van der Waals surface area contributed by atoms with Crippen molar-refractivity contribution < 1.29 is 13.6 Å². The van der Waals surface area contributed by atoms with Crippen LogP contribution in [0.15, 0.2) is 30.3 Å². The van der Waals surface area contributed by atoms with Crippen molar-refractivity contribution in [2.75, 3.05) is 13.6 Å². The maximum absolute atomic E-state index is 13.0. The fourth-order valence-corrected chi connectivity index (χ4v) is 2.09. The summed E-state index contributed by atoms with van der Waals surface area (Å²) in [7, 11) is 1.63. The number of carbonyl (C=O) groups is 1. The van der Waals surface area contributed by atoms with Gasteiger partial charge >= 0.3 is 0 Å². The lowest BCUT2D eigenvalue weighted by molar-refractivity contribution is -0.132. The van der Waals surface area contributed by atoms with E-state index in [4.69, 9.17) is 0 Å². The molecule has 1 aliphatic rings. The van der Waals surface area contributed by atoms with Gasteiger partial charge in [0.15, 0.2) is 0 Å². The van der Waals surface area contributed by atoms with Crippen LogP contribution >= 0.6 is 0 Å². The second kappa shape index (κ2) is 5.02. The number of nitrogens with one attached hydrogen (secondary N) is 1. The Morgan fingerprint density at radius 2 is 2.11 bits per heavy atom. The highest BCUT2D eigenvalue weighted by atomic mass is 19.3. The predicted molar refractivity (Wildman–Crippen MR) is 64.3 cm³/mol. The van der Waals surface area contributed by atoms with Crippen LogP contribution in [0.2, 0.25) is 0 Å². The van der Waals surface area contributed by atoms with Crippen LogP contribution in [-0.4, -0.2) is 36.4 Å². The molecule has 2 rings (SSSR count). The molecule has 1 aliphatic heterocycles. The molecule has 1 amide bonds. The molecule has 3 nitrogen and oxygen atoms in total. The van der Waals surface area contributed by atoms with Crippen LogP contribution in [-0.2, 0) is 11.3 Å². The number of likely N-dealkylation sites (N-methyl/N-ethyl adjacent to an activating group) is 1. The Labute approximate surface area is 105 Å². The topological polar surface area (TPSA) is 32.3 Å². The molecule has 0 aliphatic carbocycles. The van der Waals surface area contributed by atoms with Crippen molar-refractivity contribution in [2.45, 2.75) is 24.9 Å². The third-order valence-corrected chi connectivity index (χ3v) is 3.05. The van der Waals surface area contributed by atoms with Crippen molar-refractivity contribution in [1.82, 2.24) is 10.2 Å². The van der Waals surface area contributed by atoms with Gasteiger partial charge in [-0.1, -0.05) is 30.3 Å². The molecule has 98 valence electrons. The van der Waals surface area contributed by atoms with Gasteiger partial charge in [-0.2, -0.15) is 0 Å². The lowest BCUT2D eigenvalue weighted by Gasteiger charge is -2.21. The molecule has 1 fully saturated rings. The number of amides is 1. The van der Waals surface area contributed by atoms with Crippen LogP contribution in [0, 0.1) is 0 Å². The molecule has 1 aromatic rings. The van der Waals surface area contributed by atoms with Gasteiger partial charge in [0.25, 0.3) is 5.92 Å². The van der Waals surface area contributed by atoms with E-state index in [1.54, 1.807) is 7.05 Å². The van der Waals surface area contributed by atoms with Gasteiger partial charge in [-0.25, -0.2) is 8.78 Å². The largest absolute Gasteiger partial charge is 0.340 e. The Bertz CT molecular complexity index is 422. The van der Waals surface area contributed by atoms with Crippen LogP contribution < -0.4 is 5.32 Å². The Morgan fingerprint density at radius 1 is 1.44 bits per heavy atom. The van der Waals surface area contributed by atoms with Gasteiger partial charge in [0.05, 0.1) is 12.6 Å². The highest BCUT2D eigenvalue weighted by Gasteiger charge is 2.43. The Hall–Kier alpha value is -1.49. The van der Waals surface area contributed by atoms with Gasteiger partial charge in [0, 0.05) is 20.0 Å². The van der Waals surface area contributed by atoms with E-state index in [2.05, 4.69) is 5.32 Å². The fourth-order valence-electron chi connectivity index (χ4n) is 2.09. The first-order chi connectivity index (χ1) is 8.48. The highest BCUT2D eigenvalue weighted by molar-refractivity contribution is 5.82. The summed E-state index contributed by atoms with van der Waals surface area (Å²) < 4.78 is 26.0. The van der Waals surface area contributed by atoms with Gasteiger partial charge in [-0.3, -0.25) is 10.1 Å². The zero-order chi connectivity index (χ0) is 13.2. The Morgan fingerprint density at radius 3 is 2.67 bits per heavy atom. The van der Waals surface area contributed by atoms with E-state index in [1.807, 2.05) is 30.3 Å². The second-order valence-corrected chi connectivity index (χ2v) is 4.67. The fraction of sp³-hybridized carbons (Fsp3) is 0.462. The molecule has 1 atom stereocenters. The summed E-state index contributed by atoms with van der Waals surface area (Å²) in [6.07, 6.45) is -0.412. The van der Waals surface area contributed by atoms with Crippen LogP contribution in [0.5, 0.6) is 0 Å². The lowest BCUT2D eigenvalue weighted by atomic mass is 10.1. The SMILES string of the molecule is CN(Cc1ccccc1)C(=O)C1CC(F)(F)CN1. The smallest absolute Gasteiger partial charge is 0.262 e. The van der Waals surface area contributed by atoms with E-state index >= 15 is 0 Å². The van der Waals surface area contributed by atoms with Crippen molar-refractivity contribution in [3.8, 4) is 0 Å². The molecule has 0 spiro atoms. The summed E-state index contributed by atoms with van der Waals surface area (Å²) >= 11 is 0. The van der Waals surface area contributed by atoms with Gasteiger partial charge < -0.3 is 4.90 Å². The van der Waals surface area contributed by atoms with Crippen molar-refractivity contribution in [2.24, 2.45) is 0 Å². The molecule has 18 heavy (non-hydrogen) atoms. The predicted octanol–water partition coefficient (Wildman–Crippen LogP) is 1.64. The molecule has 0 saturated carbocycles. The molecule has 5 heteroatoms. The van der Waals surface area contributed by atoms with Crippen LogP contribution in [0.1, 0.15) is 12.0 Å². The average molecular weight is 254 g/mol. The lowest BCUT2D eigenvalue weighted by Crippen LogP contribution is -2.41. The van der Waals surface area contributed by atoms with Crippen molar-refractivity contribution in [1.29, 1.82) is 0 Å². The van der Waals surface area contributed by atoms with Gasteiger partial charge in [0.2, 0.25) is 5.91 Å². The molecule has 1 saturated heterocycles. The standard InChI is InChI=1S/C13H16F2N2O/c1-17(8-10-5-3-2-4-6-10)12(18)11-7-13(14,15)9-16-11/h2-6,11,16H,7-9H2,1H3. The number of nitrogens with zero attached hydrogens (tertiary/aromatic N) is 1. The van der Waals surface area contributed by atoms with E-state index < -0.39 is 24.9 Å². The van der Waals surface area contributed by atoms with E-state index in [-0.39, 0.29) is 5.91 Å². The molecule has 1 N–H and O–H groups in total. The molecule has 0 bridgehead atoms. The van der Waals surface area contributed by atoms with Crippen molar-refractivity contribution >= 4 is 5.91 Å². The number of benzene rings is 1. The van der Waals surface area contributed by atoms with E-state index in [9.17, 15) is 13.6 Å². The first kappa shape index (κ1) is 13.0. The van der Waals surface area contributed by atoms with E-state index in [1.165, 1.54) is 4.90 Å². The van der Waals surface area contributed by atoms with E-state index in [0.717, 1.165) is 5.56 Å². The number of hydrogen-bond donors (Lipinski definition) is 1. The minimum atomic E-state index is -2.77. The molecular weight excluding hydrogens is 238 g/mol. The molecule has 0 aromatic heterocycles. The maximum Gasteiger partial charge on any atom is 0.262 e. The first-order valence-electron chi connectivity index (χ1n) is 5.88. The van der Waals surface area contributed by atoms with E-state index in [0.29, 0.717) is 6.54 Å². The Balaban J connectivity index is 1.94. The summed E-state index contributed by atoms with van der Waals surface area (Å²) in [6.45, 7) is 0.0198. The first-order valence-corrected chi connectivity index (χ1v) is 5.88. The minimum Gasteiger partial charge on any atom is -0.340 e. The number of rotatable bonds is 3. The third kappa shape index (κ3) is 3.04. The maximum atomic E-state index is 13.0. The van der Waals surface area contributed by atoms with Gasteiger partial charge in [-0.05, 0) is 5.56 Å². The summed E-state index contributed by atoms with van der Waals surface area (Å²) in [4.78, 5) is 13.4. The monoisotopic (exact) mass is 254 g/mol. The molecule has 1 aromatic carbocycles. The van der Waals surface area contributed by atoms with Crippen LogP contribution in [0.25, 0.3) is 0 Å². The zero-order valence-corrected chi connectivity index (χ0v) is 10.2. The summed E-state index contributed by atoms with van der Waals surface area (Å²) in [5.41, 5.74) is 0.984. The van der Waals surface area contributed by atoms with Crippen molar-refractivity contribution in [3.63, 3.8) is 0 Å².